The van der Waals surface area contributed by atoms with E-state index >= 15 is 0 Å². The number of pyridine rings is 1. The van der Waals surface area contributed by atoms with Crippen molar-refractivity contribution in [3.8, 4) is 0 Å². The van der Waals surface area contributed by atoms with Crippen LogP contribution in [0, 0.1) is 0 Å². The van der Waals surface area contributed by atoms with Gasteiger partial charge in [0.1, 0.15) is 5.60 Å². The van der Waals surface area contributed by atoms with E-state index in [1.54, 1.807) is 19.5 Å². The van der Waals surface area contributed by atoms with E-state index in [1.807, 2.05) is 6.07 Å². The second kappa shape index (κ2) is 4.82. The monoisotopic (exact) mass is 285 g/mol. The zero-order chi connectivity index (χ0) is 11.6. The first-order chi connectivity index (χ1) is 7.66. The molecular formula is C12H16BrNO2. The normalized spacial score (nSPS) is 30.3. The highest BCUT2D eigenvalue weighted by molar-refractivity contribution is 9.10. The summed E-state index contributed by atoms with van der Waals surface area (Å²) in [6, 6.07) is 1.92. The van der Waals surface area contributed by atoms with E-state index in [9.17, 15) is 5.11 Å². The summed E-state index contributed by atoms with van der Waals surface area (Å²) in [4.78, 5) is 4.11. The summed E-state index contributed by atoms with van der Waals surface area (Å²) < 4.78 is 6.30. The minimum Gasteiger partial charge on any atom is -0.382 e. The third-order valence-electron chi connectivity index (χ3n) is 3.30. The average molecular weight is 286 g/mol. The zero-order valence-electron chi connectivity index (χ0n) is 9.32. The molecule has 1 aliphatic rings. The lowest BCUT2D eigenvalue weighted by Crippen LogP contribution is -2.43. The van der Waals surface area contributed by atoms with Crippen LogP contribution in [0.4, 0.5) is 0 Å². The fraction of sp³-hybridized carbons (Fsp3) is 0.583. The molecule has 4 heteroatoms. The van der Waals surface area contributed by atoms with Crippen LogP contribution in [-0.4, -0.2) is 23.3 Å². The third kappa shape index (κ3) is 2.14. The fourth-order valence-corrected chi connectivity index (χ4v) is 2.78. The number of ether oxygens (including phenoxy) is 1. The molecule has 1 aromatic rings. The molecule has 0 radical (unpaired) electrons. The summed E-state index contributed by atoms with van der Waals surface area (Å²) >= 11 is 3.38. The molecule has 0 bridgehead atoms. The van der Waals surface area contributed by atoms with Gasteiger partial charge in [0.05, 0.1) is 6.10 Å². The van der Waals surface area contributed by atoms with Crippen LogP contribution >= 0.6 is 15.9 Å². The molecule has 0 saturated heterocycles. The minimum absolute atomic E-state index is 0.127. The van der Waals surface area contributed by atoms with Crippen LogP contribution in [0.5, 0.6) is 0 Å². The van der Waals surface area contributed by atoms with Crippen LogP contribution in [0.2, 0.25) is 0 Å². The molecule has 88 valence electrons. The lowest BCUT2D eigenvalue weighted by atomic mass is 9.78. The molecule has 0 spiro atoms. The summed E-state index contributed by atoms with van der Waals surface area (Å²) in [6.45, 7) is 0. The van der Waals surface area contributed by atoms with E-state index in [4.69, 9.17) is 4.74 Å². The maximum atomic E-state index is 10.7. The molecular weight excluding hydrogens is 270 g/mol. The summed E-state index contributed by atoms with van der Waals surface area (Å²) in [5, 5.41) is 10.7. The number of methoxy groups -OCH3 is 1. The predicted molar refractivity (Wildman–Crippen MR) is 65.1 cm³/mol. The largest absolute Gasteiger partial charge is 0.382 e. The van der Waals surface area contributed by atoms with Gasteiger partial charge in [-0.1, -0.05) is 12.8 Å². The Labute approximate surface area is 104 Å². The van der Waals surface area contributed by atoms with E-state index in [0.29, 0.717) is 0 Å². The van der Waals surface area contributed by atoms with Crippen molar-refractivity contribution in [2.75, 3.05) is 7.11 Å². The highest BCUT2D eigenvalue weighted by Gasteiger charge is 2.41. The number of rotatable bonds is 2. The number of hydrogen-bond acceptors (Lipinski definition) is 3. The van der Waals surface area contributed by atoms with E-state index in [0.717, 1.165) is 35.7 Å². The van der Waals surface area contributed by atoms with E-state index in [-0.39, 0.29) is 6.10 Å². The lowest BCUT2D eigenvalue weighted by molar-refractivity contribution is -0.122. The van der Waals surface area contributed by atoms with Gasteiger partial charge >= 0.3 is 0 Å². The Morgan fingerprint density at radius 3 is 3.00 bits per heavy atom. The Bertz CT molecular complexity index is 372. The Morgan fingerprint density at radius 1 is 1.50 bits per heavy atom. The molecule has 1 fully saturated rings. The second-order valence-electron chi connectivity index (χ2n) is 4.29. The van der Waals surface area contributed by atoms with Gasteiger partial charge in [-0.2, -0.15) is 0 Å². The number of halogens is 1. The Hall–Kier alpha value is -0.450. The first-order valence-corrected chi connectivity index (χ1v) is 6.32. The number of aromatic nitrogens is 1. The average Bonchev–Trinajstić information content (AvgIpc) is 2.30. The summed E-state index contributed by atoms with van der Waals surface area (Å²) in [6.07, 6.45) is 7.10. The molecule has 1 aromatic heterocycles. The molecule has 2 rings (SSSR count). The third-order valence-corrected chi connectivity index (χ3v) is 3.73. The summed E-state index contributed by atoms with van der Waals surface area (Å²) in [5.74, 6) is 0. The number of hydrogen-bond donors (Lipinski definition) is 1. The van der Waals surface area contributed by atoms with Crippen molar-refractivity contribution < 1.29 is 9.84 Å². The first kappa shape index (κ1) is 12.0. The smallest absolute Gasteiger partial charge is 0.117 e. The van der Waals surface area contributed by atoms with Crippen molar-refractivity contribution in [3.05, 3.63) is 28.5 Å². The van der Waals surface area contributed by atoms with E-state index in [1.165, 1.54) is 0 Å². The molecule has 1 aliphatic carbocycles. The lowest BCUT2D eigenvalue weighted by Gasteiger charge is -2.39. The van der Waals surface area contributed by atoms with Crippen molar-refractivity contribution in [1.82, 2.24) is 4.98 Å². The highest BCUT2D eigenvalue weighted by Crippen LogP contribution is 2.39. The van der Waals surface area contributed by atoms with Gasteiger partial charge in [0.2, 0.25) is 0 Å². The summed E-state index contributed by atoms with van der Waals surface area (Å²) in [5.41, 5.74) is -0.0440. The van der Waals surface area contributed by atoms with Gasteiger partial charge in [0.25, 0.3) is 0 Å². The van der Waals surface area contributed by atoms with Gasteiger partial charge in [0, 0.05) is 29.5 Å². The predicted octanol–water partition coefficient (Wildman–Crippen LogP) is 2.62. The SMILES string of the molecule is COC1CCCCC1(O)c1cncc(Br)c1. The van der Waals surface area contributed by atoms with Crippen LogP contribution < -0.4 is 0 Å². The van der Waals surface area contributed by atoms with Crippen molar-refractivity contribution in [2.45, 2.75) is 37.4 Å². The topological polar surface area (TPSA) is 42.4 Å². The van der Waals surface area contributed by atoms with Crippen LogP contribution in [0.15, 0.2) is 22.9 Å². The Morgan fingerprint density at radius 2 is 2.31 bits per heavy atom. The van der Waals surface area contributed by atoms with Crippen LogP contribution in [0.1, 0.15) is 31.2 Å². The first-order valence-electron chi connectivity index (χ1n) is 5.53. The van der Waals surface area contributed by atoms with Gasteiger partial charge in [-0.25, -0.2) is 0 Å². The molecule has 1 N–H and O–H groups in total. The molecule has 1 saturated carbocycles. The molecule has 2 atom stereocenters. The van der Waals surface area contributed by atoms with Gasteiger partial charge in [-0.05, 0) is 34.8 Å². The molecule has 1 heterocycles. The quantitative estimate of drug-likeness (QED) is 0.908. The van der Waals surface area contributed by atoms with E-state index in [2.05, 4.69) is 20.9 Å². The highest BCUT2D eigenvalue weighted by atomic mass is 79.9. The van der Waals surface area contributed by atoms with Gasteiger partial charge in [-0.15, -0.1) is 0 Å². The molecule has 0 amide bonds. The standard InChI is InChI=1S/C12H16BrNO2/c1-16-11-4-2-3-5-12(11,15)9-6-10(13)8-14-7-9/h6-8,11,15H,2-5H2,1H3. The van der Waals surface area contributed by atoms with Crippen molar-refractivity contribution >= 4 is 15.9 Å². The molecule has 16 heavy (non-hydrogen) atoms. The van der Waals surface area contributed by atoms with Gasteiger partial charge in [0.15, 0.2) is 0 Å². The van der Waals surface area contributed by atoms with Crippen LogP contribution in [0.3, 0.4) is 0 Å². The zero-order valence-corrected chi connectivity index (χ0v) is 10.9. The molecule has 3 nitrogen and oxygen atoms in total. The maximum Gasteiger partial charge on any atom is 0.117 e. The van der Waals surface area contributed by atoms with Crippen LogP contribution in [-0.2, 0) is 10.3 Å². The van der Waals surface area contributed by atoms with Crippen molar-refractivity contribution in [1.29, 1.82) is 0 Å². The van der Waals surface area contributed by atoms with E-state index < -0.39 is 5.60 Å². The maximum absolute atomic E-state index is 10.7. The molecule has 0 aliphatic heterocycles. The van der Waals surface area contributed by atoms with Crippen molar-refractivity contribution in [3.63, 3.8) is 0 Å². The minimum atomic E-state index is -0.885. The Balaban J connectivity index is 2.34. The number of nitrogens with zero attached hydrogens (tertiary/aromatic N) is 1. The molecule has 0 aromatic carbocycles. The van der Waals surface area contributed by atoms with Gasteiger partial charge < -0.3 is 9.84 Å². The van der Waals surface area contributed by atoms with Crippen LogP contribution in [0.25, 0.3) is 0 Å². The van der Waals surface area contributed by atoms with Gasteiger partial charge in [-0.3, -0.25) is 4.98 Å². The molecule has 2 unspecified atom stereocenters. The summed E-state index contributed by atoms with van der Waals surface area (Å²) in [7, 11) is 1.66. The second-order valence-corrected chi connectivity index (χ2v) is 5.20. The fourth-order valence-electron chi connectivity index (χ4n) is 2.42. The Kier molecular flexibility index (Phi) is 3.62. The number of aliphatic hydroxyl groups is 1. The van der Waals surface area contributed by atoms with Crippen molar-refractivity contribution in [2.24, 2.45) is 0 Å².